The van der Waals surface area contributed by atoms with E-state index in [4.69, 9.17) is 0 Å². The van der Waals surface area contributed by atoms with Gasteiger partial charge >= 0.3 is 6.18 Å². The number of hydrogen-bond acceptors (Lipinski definition) is 5. The Morgan fingerprint density at radius 1 is 1.00 bits per heavy atom. The number of hydrogen-bond donors (Lipinski definition) is 2. The van der Waals surface area contributed by atoms with E-state index in [1.54, 1.807) is 12.4 Å². The molecule has 0 saturated heterocycles. The lowest BCUT2D eigenvalue weighted by atomic mass is 10.1. The molecule has 0 unspecified atom stereocenters. The summed E-state index contributed by atoms with van der Waals surface area (Å²) in [5, 5.41) is 3.89. The van der Waals surface area contributed by atoms with Crippen LogP contribution in [0.25, 0.3) is 11.0 Å². The summed E-state index contributed by atoms with van der Waals surface area (Å²) in [4.78, 5) is 19.3. The van der Waals surface area contributed by atoms with E-state index in [0.717, 1.165) is 40.0 Å². The number of aryl methyl sites for hydroxylation is 1. The normalized spacial score (nSPS) is 11.7. The van der Waals surface area contributed by atoms with Crippen molar-refractivity contribution in [3.8, 4) is 0 Å². The minimum Gasteiger partial charge on any atom is -0.346 e. The first-order valence-corrected chi connectivity index (χ1v) is 8.42. The number of halogens is 3. The smallest absolute Gasteiger partial charge is 0.346 e. The fourth-order valence-corrected chi connectivity index (χ4v) is 2.80. The summed E-state index contributed by atoms with van der Waals surface area (Å²) < 4.78 is 37.7. The summed E-state index contributed by atoms with van der Waals surface area (Å²) in [6, 6.07) is 4.26. The monoisotopic (exact) mass is 384 g/mol. The minimum atomic E-state index is -4.47. The maximum absolute atomic E-state index is 12.6. The molecule has 6 nitrogen and oxygen atoms in total. The van der Waals surface area contributed by atoms with E-state index < -0.39 is 11.9 Å². The van der Waals surface area contributed by atoms with Crippen LogP contribution in [-0.4, -0.2) is 24.9 Å². The molecule has 0 aromatic carbocycles. The Morgan fingerprint density at radius 3 is 2.46 bits per heavy atom. The fourth-order valence-electron chi connectivity index (χ4n) is 2.80. The molecule has 4 heterocycles. The molecular formula is C19H15F3N6. The van der Waals surface area contributed by atoms with Crippen molar-refractivity contribution in [3.05, 3.63) is 71.6 Å². The average molecular weight is 384 g/mol. The van der Waals surface area contributed by atoms with Crippen LogP contribution in [0, 0.1) is 6.92 Å². The van der Waals surface area contributed by atoms with Gasteiger partial charge in [-0.15, -0.1) is 0 Å². The van der Waals surface area contributed by atoms with Crippen LogP contribution in [0.15, 0.2) is 49.2 Å². The third kappa shape index (κ3) is 3.78. The van der Waals surface area contributed by atoms with Crippen molar-refractivity contribution in [2.45, 2.75) is 19.5 Å². The maximum atomic E-state index is 12.6. The number of nitrogens with one attached hydrogen (secondary N) is 2. The van der Waals surface area contributed by atoms with Gasteiger partial charge in [0.2, 0.25) is 5.95 Å². The van der Waals surface area contributed by atoms with Crippen molar-refractivity contribution >= 4 is 22.7 Å². The molecule has 0 spiro atoms. The topological polar surface area (TPSA) is 79.4 Å². The second-order valence-corrected chi connectivity index (χ2v) is 6.37. The van der Waals surface area contributed by atoms with Gasteiger partial charge in [-0.1, -0.05) is 0 Å². The van der Waals surface area contributed by atoms with E-state index in [-0.39, 0.29) is 5.95 Å². The first kappa shape index (κ1) is 17.9. The Bertz CT molecular complexity index is 1100. The van der Waals surface area contributed by atoms with Gasteiger partial charge in [-0.3, -0.25) is 0 Å². The molecular weight excluding hydrogens is 369 g/mol. The van der Waals surface area contributed by atoms with Crippen LogP contribution >= 0.6 is 0 Å². The second kappa shape index (κ2) is 6.91. The Balaban J connectivity index is 1.47. The van der Waals surface area contributed by atoms with E-state index in [0.29, 0.717) is 12.1 Å². The fraction of sp³-hybridized carbons (Fsp3) is 0.158. The largest absolute Gasteiger partial charge is 0.433 e. The highest BCUT2D eigenvalue weighted by atomic mass is 19.4. The molecule has 0 radical (unpaired) electrons. The number of nitrogens with zero attached hydrogens (tertiary/aromatic N) is 4. The van der Waals surface area contributed by atoms with Gasteiger partial charge in [0.15, 0.2) is 0 Å². The summed E-state index contributed by atoms with van der Waals surface area (Å²) >= 11 is 0. The van der Waals surface area contributed by atoms with E-state index in [9.17, 15) is 13.2 Å². The number of anilines is 2. The van der Waals surface area contributed by atoms with Crippen LogP contribution in [0.1, 0.15) is 22.4 Å². The predicted octanol–water partition coefficient (Wildman–Crippen LogP) is 4.41. The van der Waals surface area contributed by atoms with Gasteiger partial charge in [-0.2, -0.15) is 13.2 Å². The predicted molar refractivity (Wildman–Crippen MR) is 98.2 cm³/mol. The van der Waals surface area contributed by atoms with Crippen molar-refractivity contribution in [1.29, 1.82) is 0 Å². The van der Waals surface area contributed by atoms with E-state index >= 15 is 0 Å². The van der Waals surface area contributed by atoms with Gasteiger partial charge < -0.3 is 10.3 Å². The van der Waals surface area contributed by atoms with Gasteiger partial charge in [0.1, 0.15) is 11.3 Å². The molecule has 0 atom stereocenters. The highest BCUT2D eigenvalue weighted by Gasteiger charge is 2.32. The standard InChI is InChI=1S/C19H15F3N6/c1-11-4-15-13(9-25-17(15)24-6-11)5-12-7-26-18(27-8-12)28-14-2-3-16(23-10-14)19(20,21)22/h2-4,6-10H,5H2,1H3,(H,24,25)(H,26,27,28). The maximum Gasteiger partial charge on any atom is 0.433 e. The van der Waals surface area contributed by atoms with Crippen LogP contribution in [0.2, 0.25) is 0 Å². The Morgan fingerprint density at radius 2 is 1.79 bits per heavy atom. The highest BCUT2D eigenvalue weighted by molar-refractivity contribution is 5.80. The first-order chi connectivity index (χ1) is 13.4. The van der Waals surface area contributed by atoms with E-state index in [1.165, 1.54) is 6.07 Å². The molecule has 0 amide bonds. The van der Waals surface area contributed by atoms with Gasteiger partial charge in [-0.05, 0) is 41.8 Å². The van der Waals surface area contributed by atoms with Crippen molar-refractivity contribution < 1.29 is 13.2 Å². The molecule has 142 valence electrons. The number of pyridine rings is 2. The van der Waals surface area contributed by atoms with E-state index in [1.807, 2.05) is 19.3 Å². The third-order valence-electron chi connectivity index (χ3n) is 4.16. The van der Waals surface area contributed by atoms with Crippen molar-refractivity contribution in [2.24, 2.45) is 0 Å². The van der Waals surface area contributed by atoms with Crippen molar-refractivity contribution in [1.82, 2.24) is 24.9 Å². The van der Waals surface area contributed by atoms with Crippen LogP contribution in [0.4, 0.5) is 24.8 Å². The zero-order valence-corrected chi connectivity index (χ0v) is 14.7. The molecule has 0 aliphatic carbocycles. The molecule has 0 fully saturated rings. The van der Waals surface area contributed by atoms with Gasteiger partial charge in [0.25, 0.3) is 0 Å². The third-order valence-corrected chi connectivity index (χ3v) is 4.16. The first-order valence-electron chi connectivity index (χ1n) is 8.42. The lowest BCUT2D eigenvalue weighted by Crippen LogP contribution is -2.07. The summed E-state index contributed by atoms with van der Waals surface area (Å²) in [5.74, 6) is 0.279. The number of fused-ring (bicyclic) bond motifs is 1. The van der Waals surface area contributed by atoms with Gasteiger partial charge in [0.05, 0.1) is 11.9 Å². The lowest BCUT2D eigenvalue weighted by Gasteiger charge is -2.08. The molecule has 0 aliphatic rings. The molecule has 0 bridgehead atoms. The SMILES string of the molecule is Cc1cnc2[nH]cc(Cc3cnc(Nc4ccc(C(F)(F)F)nc4)nc3)c2c1. The van der Waals surface area contributed by atoms with Crippen LogP contribution in [0.5, 0.6) is 0 Å². The van der Waals surface area contributed by atoms with Crippen LogP contribution < -0.4 is 5.32 Å². The van der Waals surface area contributed by atoms with E-state index in [2.05, 4.69) is 36.3 Å². The van der Waals surface area contributed by atoms with Gasteiger partial charge in [0, 0.05) is 36.6 Å². The van der Waals surface area contributed by atoms with Gasteiger partial charge in [-0.25, -0.2) is 19.9 Å². The average Bonchev–Trinajstić information content (AvgIpc) is 3.05. The quantitative estimate of drug-likeness (QED) is 0.545. The number of H-pyrrole nitrogens is 1. The molecule has 4 rings (SSSR count). The summed E-state index contributed by atoms with van der Waals surface area (Å²) in [6.07, 6.45) is 4.34. The molecule has 9 heteroatoms. The number of alkyl halides is 3. The number of rotatable bonds is 4. The Labute approximate surface area is 157 Å². The molecule has 0 saturated carbocycles. The molecule has 4 aromatic heterocycles. The number of aromatic amines is 1. The highest BCUT2D eigenvalue weighted by Crippen LogP contribution is 2.28. The number of aromatic nitrogens is 5. The lowest BCUT2D eigenvalue weighted by molar-refractivity contribution is -0.141. The second-order valence-electron chi connectivity index (χ2n) is 6.37. The summed E-state index contributed by atoms with van der Waals surface area (Å²) in [7, 11) is 0. The Kier molecular flexibility index (Phi) is 4.42. The molecule has 4 aromatic rings. The van der Waals surface area contributed by atoms with Crippen molar-refractivity contribution in [2.75, 3.05) is 5.32 Å². The summed E-state index contributed by atoms with van der Waals surface area (Å²) in [5.41, 5.74) is 3.32. The zero-order chi connectivity index (χ0) is 19.7. The van der Waals surface area contributed by atoms with Crippen LogP contribution in [0.3, 0.4) is 0 Å². The molecule has 28 heavy (non-hydrogen) atoms. The minimum absolute atomic E-state index is 0.279. The van der Waals surface area contributed by atoms with Crippen molar-refractivity contribution in [3.63, 3.8) is 0 Å². The summed E-state index contributed by atoms with van der Waals surface area (Å²) in [6.45, 7) is 1.99. The Hall–Kier alpha value is -3.49. The molecule has 0 aliphatic heterocycles. The molecule has 2 N–H and O–H groups in total. The zero-order valence-electron chi connectivity index (χ0n) is 14.7. The van der Waals surface area contributed by atoms with Crippen LogP contribution in [-0.2, 0) is 12.6 Å².